The molecule has 0 saturated heterocycles. The molecule has 20 heavy (non-hydrogen) atoms. The molecule has 1 amide bonds. The summed E-state index contributed by atoms with van der Waals surface area (Å²) < 4.78 is 5.49. The summed E-state index contributed by atoms with van der Waals surface area (Å²) in [5.74, 6) is -0.421. The molecule has 1 saturated carbocycles. The average Bonchev–Trinajstić information content (AvgIpc) is 2.81. The van der Waals surface area contributed by atoms with Crippen LogP contribution in [0.2, 0.25) is 0 Å². The molecule has 1 aromatic heterocycles. The fraction of sp³-hybridized carbons (Fsp3) is 0.600. The molecular weight excluding hydrogens is 258 g/mol. The number of furan rings is 1. The van der Waals surface area contributed by atoms with Crippen LogP contribution in [0.15, 0.2) is 10.5 Å². The summed E-state index contributed by atoms with van der Waals surface area (Å²) >= 11 is 0. The minimum atomic E-state index is -1.14. The van der Waals surface area contributed by atoms with E-state index in [0.717, 1.165) is 30.6 Å². The lowest BCUT2D eigenvalue weighted by Crippen LogP contribution is -2.55. The smallest absolute Gasteiger partial charge is 0.329 e. The van der Waals surface area contributed by atoms with Gasteiger partial charge < -0.3 is 14.8 Å². The molecule has 2 rings (SSSR count). The molecule has 0 bridgehead atoms. The molecule has 1 fully saturated rings. The SMILES string of the molecule is CCc1oc(C(=O)NC2(C(=O)O)CCCCC2)cc1C. The van der Waals surface area contributed by atoms with Gasteiger partial charge in [0.15, 0.2) is 5.76 Å². The Morgan fingerprint density at radius 1 is 1.35 bits per heavy atom. The summed E-state index contributed by atoms with van der Waals surface area (Å²) in [4.78, 5) is 23.8. The lowest BCUT2D eigenvalue weighted by atomic mass is 9.81. The molecule has 2 N–H and O–H groups in total. The van der Waals surface area contributed by atoms with Gasteiger partial charge in [-0.15, -0.1) is 0 Å². The molecule has 110 valence electrons. The van der Waals surface area contributed by atoms with E-state index in [9.17, 15) is 14.7 Å². The zero-order valence-corrected chi connectivity index (χ0v) is 12.0. The molecule has 5 heteroatoms. The zero-order valence-electron chi connectivity index (χ0n) is 12.0. The molecule has 0 atom stereocenters. The van der Waals surface area contributed by atoms with Crippen molar-refractivity contribution in [2.75, 3.05) is 0 Å². The summed E-state index contributed by atoms with van der Waals surface area (Å²) in [7, 11) is 0. The van der Waals surface area contributed by atoms with Gasteiger partial charge in [0.1, 0.15) is 11.3 Å². The molecule has 0 unspecified atom stereocenters. The van der Waals surface area contributed by atoms with Crippen LogP contribution in [0.25, 0.3) is 0 Å². The largest absolute Gasteiger partial charge is 0.480 e. The number of amides is 1. The lowest BCUT2D eigenvalue weighted by molar-refractivity contribution is -0.145. The van der Waals surface area contributed by atoms with Crippen LogP contribution >= 0.6 is 0 Å². The van der Waals surface area contributed by atoms with Crippen LogP contribution in [0.3, 0.4) is 0 Å². The van der Waals surface area contributed by atoms with Crippen molar-refractivity contribution < 1.29 is 19.1 Å². The van der Waals surface area contributed by atoms with Gasteiger partial charge >= 0.3 is 5.97 Å². The van der Waals surface area contributed by atoms with Crippen LogP contribution in [0.1, 0.15) is 60.9 Å². The van der Waals surface area contributed by atoms with Gasteiger partial charge in [-0.3, -0.25) is 4.79 Å². The van der Waals surface area contributed by atoms with Crippen molar-refractivity contribution >= 4 is 11.9 Å². The third kappa shape index (κ3) is 2.71. The van der Waals surface area contributed by atoms with E-state index in [1.165, 1.54) is 0 Å². The lowest BCUT2D eigenvalue weighted by Gasteiger charge is -2.33. The molecule has 0 spiro atoms. The summed E-state index contributed by atoms with van der Waals surface area (Å²) in [6.45, 7) is 3.83. The number of aliphatic carboxylic acids is 1. The van der Waals surface area contributed by atoms with E-state index >= 15 is 0 Å². The first-order valence-electron chi connectivity index (χ1n) is 7.14. The number of aryl methyl sites for hydroxylation is 2. The van der Waals surface area contributed by atoms with Gasteiger partial charge in [0.2, 0.25) is 0 Å². The van der Waals surface area contributed by atoms with Gasteiger partial charge in [0.25, 0.3) is 5.91 Å². The fourth-order valence-corrected chi connectivity index (χ4v) is 2.81. The van der Waals surface area contributed by atoms with E-state index in [4.69, 9.17) is 4.42 Å². The van der Waals surface area contributed by atoms with E-state index in [2.05, 4.69) is 5.32 Å². The highest BCUT2D eigenvalue weighted by atomic mass is 16.4. The van der Waals surface area contributed by atoms with Crippen molar-refractivity contribution in [2.24, 2.45) is 0 Å². The second kappa shape index (κ2) is 5.69. The first kappa shape index (κ1) is 14.6. The highest BCUT2D eigenvalue weighted by Gasteiger charge is 2.41. The molecule has 1 aliphatic rings. The number of carbonyl (C=O) groups excluding carboxylic acids is 1. The van der Waals surface area contributed by atoms with Crippen LogP contribution in [-0.4, -0.2) is 22.5 Å². The molecule has 0 radical (unpaired) electrons. The average molecular weight is 279 g/mol. The monoisotopic (exact) mass is 279 g/mol. The highest BCUT2D eigenvalue weighted by molar-refractivity contribution is 5.96. The second-order valence-corrected chi connectivity index (χ2v) is 5.47. The topological polar surface area (TPSA) is 79.5 Å². The van der Waals surface area contributed by atoms with E-state index in [1.54, 1.807) is 6.07 Å². The molecule has 1 aliphatic carbocycles. The number of hydrogen-bond donors (Lipinski definition) is 2. The number of rotatable bonds is 4. The fourth-order valence-electron chi connectivity index (χ4n) is 2.81. The van der Waals surface area contributed by atoms with Crippen molar-refractivity contribution in [3.8, 4) is 0 Å². The number of carboxylic acids is 1. The first-order valence-corrected chi connectivity index (χ1v) is 7.14. The molecule has 1 heterocycles. The van der Waals surface area contributed by atoms with Gasteiger partial charge in [-0.2, -0.15) is 0 Å². The molecule has 0 aromatic carbocycles. The van der Waals surface area contributed by atoms with Crippen LogP contribution in [-0.2, 0) is 11.2 Å². The Morgan fingerprint density at radius 3 is 2.50 bits per heavy atom. The number of nitrogens with one attached hydrogen (secondary N) is 1. The minimum Gasteiger partial charge on any atom is -0.480 e. The molecular formula is C15H21NO4. The Morgan fingerprint density at radius 2 is 2.00 bits per heavy atom. The summed E-state index contributed by atoms with van der Waals surface area (Å²) in [6.07, 6.45) is 4.34. The van der Waals surface area contributed by atoms with E-state index in [0.29, 0.717) is 19.3 Å². The van der Waals surface area contributed by atoms with Gasteiger partial charge in [-0.05, 0) is 31.4 Å². The Bertz CT molecular complexity index is 512. The maximum atomic E-state index is 12.2. The Labute approximate surface area is 118 Å². The van der Waals surface area contributed by atoms with Crippen LogP contribution < -0.4 is 5.32 Å². The first-order chi connectivity index (χ1) is 9.48. The van der Waals surface area contributed by atoms with Crippen LogP contribution in [0.5, 0.6) is 0 Å². The Kier molecular flexibility index (Phi) is 4.16. The maximum absolute atomic E-state index is 12.2. The third-order valence-corrected chi connectivity index (χ3v) is 4.03. The van der Waals surface area contributed by atoms with Crippen molar-refractivity contribution in [1.29, 1.82) is 0 Å². The summed E-state index contributed by atoms with van der Waals surface area (Å²) in [5.41, 5.74) is -0.215. The third-order valence-electron chi connectivity index (χ3n) is 4.03. The van der Waals surface area contributed by atoms with Crippen molar-refractivity contribution in [3.63, 3.8) is 0 Å². The van der Waals surface area contributed by atoms with Crippen molar-refractivity contribution in [3.05, 3.63) is 23.2 Å². The quantitative estimate of drug-likeness (QED) is 0.888. The predicted octanol–water partition coefficient (Wildman–Crippen LogP) is 2.67. The Balaban J connectivity index is 2.17. The highest BCUT2D eigenvalue weighted by Crippen LogP contribution is 2.29. The minimum absolute atomic E-state index is 0.200. The van der Waals surface area contributed by atoms with Crippen LogP contribution in [0, 0.1) is 6.92 Å². The number of carbonyl (C=O) groups is 2. The molecule has 5 nitrogen and oxygen atoms in total. The summed E-state index contributed by atoms with van der Waals surface area (Å²) in [6, 6.07) is 1.67. The second-order valence-electron chi connectivity index (χ2n) is 5.47. The van der Waals surface area contributed by atoms with Crippen molar-refractivity contribution in [1.82, 2.24) is 5.32 Å². The predicted molar refractivity (Wildman–Crippen MR) is 73.7 cm³/mol. The van der Waals surface area contributed by atoms with E-state index < -0.39 is 17.4 Å². The van der Waals surface area contributed by atoms with Gasteiger partial charge in [0.05, 0.1) is 0 Å². The molecule has 1 aromatic rings. The normalized spacial score (nSPS) is 17.7. The number of carboxylic acid groups (broad SMARTS) is 1. The van der Waals surface area contributed by atoms with Crippen LogP contribution in [0.4, 0.5) is 0 Å². The van der Waals surface area contributed by atoms with Crippen molar-refractivity contribution in [2.45, 2.75) is 57.9 Å². The standard InChI is InChI=1S/C15H21NO4/c1-3-11-10(2)9-12(20-11)13(17)16-15(14(18)19)7-5-4-6-8-15/h9H,3-8H2,1-2H3,(H,16,17)(H,18,19). The zero-order chi connectivity index (χ0) is 14.8. The van der Waals surface area contributed by atoms with E-state index in [-0.39, 0.29) is 5.76 Å². The van der Waals surface area contributed by atoms with Gasteiger partial charge in [0, 0.05) is 6.42 Å². The Hall–Kier alpha value is -1.78. The van der Waals surface area contributed by atoms with E-state index in [1.807, 2.05) is 13.8 Å². The maximum Gasteiger partial charge on any atom is 0.329 e. The summed E-state index contributed by atoms with van der Waals surface area (Å²) in [5, 5.41) is 12.1. The number of hydrogen-bond acceptors (Lipinski definition) is 3. The van der Waals surface area contributed by atoms with Gasteiger partial charge in [-0.25, -0.2) is 4.79 Å². The van der Waals surface area contributed by atoms with Gasteiger partial charge in [-0.1, -0.05) is 26.2 Å². The molecule has 0 aliphatic heterocycles.